The van der Waals surface area contributed by atoms with E-state index in [9.17, 15) is 4.79 Å². The third-order valence-electron chi connectivity index (χ3n) is 7.77. The Labute approximate surface area is 222 Å². The molecule has 2 aliphatic rings. The molecule has 37 heavy (non-hydrogen) atoms. The van der Waals surface area contributed by atoms with Gasteiger partial charge in [-0.2, -0.15) is 0 Å². The van der Waals surface area contributed by atoms with Crippen LogP contribution in [0.3, 0.4) is 0 Å². The number of hydrogen-bond acceptors (Lipinski definition) is 3. The van der Waals surface area contributed by atoms with Crippen LogP contribution < -0.4 is 10.1 Å². The number of aryl methyl sites for hydroxylation is 2. The summed E-state index contributed by atoms with van der Waals surface area (Å²) in [7, 11) is 0. The normalized spacial score (nSPS) is 16.4. The molecule has 5 nitrogen and oxygen atoms in total. The zero-order valence-electron chi connectivity index (χ0n) is 21.7. The minimum Gasteiger partial charge on any atom is -0.494 e. The largest absolute Gasteiger partial charge is 0.494 e. The van der Waals surface area contributed by atoms with E-state index in [0.29, 0.717) is 13.2 Å². The molecule has 4 aromatic rings. The third-order valence-corrected chi connectivity index (χ3v) is 9.10. The molecule has 2 aromatic heterocycles. The van der Waals surface area contributed by atoms with Crippen LogP contribution in [-0.4, -0.2) is 22.1 Å². The van der Waals surface area contributed by atoms with E-state index in [2.05, 4.69) is 60.3 Å². The molecule has 1 unspecified atom stereocenters. The van der Waals surface area contributed by atoms with Crippen LogP contribution in [0.25, 0.3) is 5.00 Å². The van der Waals surface area contributed by atoms with Crippen molar-refractivity contribution in [2.75, 3.05) is 11.9 Å². The van der Waals surface area contributed by atoms with Crippen LogP contribution in [0, 0.1) is 13.8 Å². The lowest BCUT2D eigenvalue weighted by Crippen LogP contribution is -2.38. The van der Waals surface area contributed by atoms with Crippen LogP contribution in [-0.2, 0) is 19.4 Å². The molecule has 6 heteroatoms. The minimum atomic E-state index is -0.251. The van der Waals surface area contributed by atoms with Gasteiger partial charge in [0.25, 0.3) is 0 Å². The maximum absolute atomic E-state index is 14.2. The summed E-state index contributed by atoms with van der Waals surface area (Å²) in [6.07, 6.45) is 6.84. The monoisotopic (exact) mass is 511 g/mol. The Bertz CT molecular complexity index is 1470. The van der Waals surface area contributed by atoms with Gasteiger partial charge in [-0.05, 0) is 99.0 Å². The number of anilines is 1. The maximum Gasteiger partial charge on any atom is 0.322 e. The summed E-state index contributed by atoms with van der Waals surface area (Å²) < 4.78 is 8.18. The zero-order valence-corrected chi connectivity index (χ0v) is 22.5. The van der Waals surface area contributed by atoms with E-state index in [-0.39, 0.29) is 12.1 Å². The molecule has 0 spiro atoms. The molecule has 1 N–H and O–H groups in total. The number of hydrogen-bond donors (Lipinski definition) is 1. The molecule has 0 saturated heterocycles. The van der Waals surface area contributed by atoms with Gasteiger partial charge in [-0.15, -0.1) is 11.3 Å². The van der Waals surface area contributed by atoms with Gasteiger partial charge in [-0.1, -0.05) is 24.3 Å². The van der Waals surface area contributed by atoms with E-state index in [0.717, 1.165) is 46.7 Å². The average molecular weight is 512 g/mol. The number of nitrogens with zero attached hydrogens (tertiary/aromatic N) is 2. The topological polar surface area (TPSA) is 46.5 Å². The fourth-order valence-electron chi connectivity index (χ4n) is 5.75. The first-order valence-corrected chi connectivity index (χ1v) is 14.0. The summed E-state index contributed by atoms with van der Waals surface area (Å²) >= 11 is 1.91. The van der Waals surface area contributed by atoms with Gasteiger partial charge in [0.05, 0.1) is 24.9 Å². The van der Waals surface area contributed by atoms with Crippen molar-refractivity contribution >= 4 is 23.1 Å². The summed E-state index contributed by atoms with van der Waals surface area (Å²) in [5.41, 5.74) is 8.03. The van der Waals surface area contributed by atoms with Gasteiger partial charge < -0.3 is 19.5 Å². The molecule has 2 amide bonds. The number of ether oxygens (including phenoxy) is 1. The molecule has 0 bridgehead atoms. The standard InChI is InChI=1S/C31H33N3O2S/c1-4-36-23-12-8-11-22(18-23)29-27-15-9-17-33(27)30-25(24-13-5-6-16-28(24)37-30)19-34(29)31(35)32-26-14-7-10-20(2)21(26)3/h7-12,14-15,17-18,29H,4-6,13,16,19H2,1-3H3,(H,32,35). The zero-order chi connectivity index (χ0) is 25.5. The molecular formula is C31H33N3O2S. The van der Waals surface area contributed by atoms with Crippen molar-refractivity contribution in [2.45, 2.75) is 59.0 Å². The highest BCUT2D eigenvalue weighted by molar-refractivity contribution is 7.15. The summed E-state index contributed by atoms with van der Waals surface area (Å²) in [4.78, 5) is 17.7. The Hall–Kier alpha value is -3.51. The first kappa shape index (κ1) is 23.9. The van der Waals surface area contributed by atoms with Crippen molar-refractivity contribution in [3.8, 4) is 10.8 Å². The van der Waals surface area contributed by atoms with Crippen LogP contribution in [0.15, 0.2) is 60.8 Å². The van der Waals surface area contributed by atoms with Gasteiger partial charge in [-0.3, -0.25) is 0 Å². The van der Waals surface area contributed by atoms with Crippen LogP contribution in [0.2, 0.25) is 0 Å². The molecule has 190 valence electrons. The maximum atomic E-state index is 14.2. The molecule has 6 rings (SSSR count). The number of thiophene rings is 1. The lowest BCUT2D eigenvalue weighted by atomic mass is 9.95. The predicted molar refractivity (Wildman–Crippen MR) is 150 cm³/mol. The van der Waals surface area contributed by atoms with Crippen molar-refractivity contribution in [3.63, 3.8) is 0 Å². The number of rotatable bonds is 4. The Morgan fingerprint density at radius 3 is 2.76 bits per heavy atom. The number of benzene rings is 2. The number of aromatic nitrogens is 1. The molecule has 1 aliphatic heterocycles. The minimum absolute atomic E-state index is 0.0862. The third kappa shape index (κ3) is 4.23. The van der Waals surface area contributed by atoms with Crippen LogP contribution in [0.4, 0.5) is 10.5 Å². The lowest BCUT2D eigenvalue weighted by molar-refractivity contribution is 0.194. The Kier molecular flexibility index (Phi) is 6.29. The van der Waals surface area contributed by atoms with Gasteiger partial charge >= 0.3 is 6.03 Å². The van der Waals surface area contributed by atoms with Crippen molar-refractivity contribution < 1.29 is 9.53 Å². The number of urea groups is 1. The van der Waals surface area contributed by atoms with Crippen molar-refractivity contribution in [2.24, 2.45) is 0 Å². The van der Waals surface area contributed by atoms with Crippen molar-refractivity contribution in [1.29, 1.82) is 0 Å². The van der Waals surface area contributed by atoms with Crippen molar-refractivity contribution in [1.82, 2.24) is 9.47 Å². The Balaban J connectivity index is 1.50. The SMILES string of the molecule is CCOc1cccc(C2c3cccn3-c3sc4c(c3CN2C(=O)Nc2cccc(C)c2C)CCCC4)c1. The highest BCUT2D eigenvalue weighted by atomic mass is 32.1. The number of carbonyl (C=O) groups is 1. The van der Waals surface area contributed by atoms with Crippen molar-refractivity contribution in [3.05, 3.63) is 99.2 Å². The lowest BCUT2D eigenvalue weighted by Gasteiger charge is -2.32. The number of nitrogens with one attached hydrogen (secondary N) is 1. The Morgan fingerprint density at radius 2 is 1.89 bits per heavy atom. The second-order valence-electron chi connectivity index (χ2n) is 10.0. The van der Waals surface area contributed by atoms with Crippen LogP contribution in [0.1, 0.15) is 64.2 Å². The molecule has 3 heterocycles. The summed E-state index contributed by atoms with van der Waals surface area (Å²) in [5, 5.41) is 4.53. The molecule has 0 saturated carbocycles. The van der Waals surface area contributed by atoms with E-state index in [1.807, 2.05) is 47.4 Å². The van der Waals surface area contributed by atoms with Gasteiger partial charge in [0.2, 0.25) is 0 Å². The Morgan fingerprint density at radius 1 is 1.05 bits per heavy atom. The van der Waals surface area contributed by atoms with Crippen LogP contribution >= 0.6 is 11.3 Å². The second-order valence-corrected chi connectivity index (χ2v) is 11.1. The summed E-state index contributed by atoms with van der Waals surface area (Å²) in [6.45, 7) is 7.31. The highest BCUT2D eigenvalue weighted by Gasteiger charge is 2.36. The van der Waals surface area contributed by atoms with E-state index >= 15 is 0 Å². The van der Waals surface area contributed by atoms with Gasteiger partial charge in [0, 0.05) is 22.3 Å². The molecule has 0 fully saturated rings. The average Bonchev–Trinajstić information content (AvgIpc) is 3.49. The number of amides is 2. The fraction of sp³-hybridized carbons (Fsp3) is 0.323. The molecule has 1 aliphatic carbocycles. The van der Waals surface area contributed by atoms with Gasteiger partial charge in [0.1, 0.15) is 10.8 Å². The highest BCUT2D eigenvalue weighted by Crippen LogP contribution is 2.44. The molecule has 0 radical (unpaired) electrons. The predicted octanol–water partition coefficient (Wildman–Crippen LogP) is 7.57. The fourth-order valence-corrected chi connectivity index (χ4v) is 7.16. The first-order valence-electron chi connectivity index (χ1n) is 13.2. The van der Waals surface area contributed by atoms with E-state index in [1.165, 1.54) is 33.8 Å². The number of fused-ring (bicyclic) bond motifs is 5. The van der Waals surface area contributed by atoms with Gasteiger partial charge in [-0.25, -0.2) is 4.79 Å². The van der Waals surface area contributed by atoms with Gasteiger partial charge in [0.15, 0.2) is 0 Å². The van der Waals surface area contributed by atoms with E-state index < -0.39 is 0 Å². The molecular weight excluding hydrogens is 478 g/mol. The second kappa shape index (κ2) is 9.75. The first-order chi connectivity index (χ1) is 18.0. The quantitative estimate of drug-likeness (QED) is 0.307. The van der Waals surface area contributed by atoms with Crippen LogP contribution in [0.5, 0.6) is 5.75 Å². The smallest absolute Gasteiger partial charge is 0.322 e. The molecule has 1 atom stereocenters. The van der Waals surface area contributed by atoms with E-state index in [4.69, 9.17) is 4.74 Å². The van der Waals surface area contributed by atoms with E-state index in [1.54, 1.807) is 0 Å². The summed E-state index contributed by atoms with van der Waals surface area (Å²) in [5.74, 6) is 0.824. The number of carbonyl (C=O) groups excluding carboxylic acids is 1. The summed E-state index contributed by atoms with van der Waals surface area (Å²) in [6, 6.07) is 18.2. The molecule has 2 aromatic carbocycles.